The van der Waals surface area contributed by atoms with Crippen LogP contribution < -0.4 is 0 Å². The van der Waals surface area contributed by atoms with Crippen molar-refractivity contribution in [3.8, 4) is 0 Å². The molecule has 0 fully saturated rings. The first-order valence-corrected chi connectivity index (χ1v) is 7.99. The molecule has 0 radical (unpaired) electrons. The van der Waals surface area contributed by atoms with Gasteiger partial charge in [0.05, 0.1) is 0 Å². The summed E-state index contributed by atoms with van der Waals surface area (Å²) in [6, 6.07) is 6.72. The van der Waals surface area contributed by atoms with Crippen LogP contribution in [0.15, 0.2) is 23.1 Å². The Labute approximate surface area is 116 Å². The minimum atomic E-state index is 0.394. The Bertz CT molecular complexity index is 346. The van der Waals surface area contributed by atoms with E-state index < -0.39 is 0 Å². The number of hydrogen-bond donors (Lipinski definition) is 1. The standard InChI is InChI=1S/C15H24S2/c1-5-15(6-2,10-16)11-17-14-8-7-12(3)9-13(14)4/h7-9,16H,5-6,10-11H2,1-4H3. The van der Waals surface area contributed by atoms with Gasteiger partial charge < -0.3 is 0 Å². The molecule has 1 rings (SSSR count). The molecule has 0 atom stereocenters. The van der Waals surface area contributed by atoms with Gasteiger partial charge >= 0.3 is 0 Å². The Morgan fingerprint density at radius 2 is 1.82 bits per heavy atom. The normalized spacial score (nSPS) is 11.8. The molecular weight excluding hydrogens is 244 g/mol. The summed E-state index contributed by atoms with van der Waals surface area (Å²) < 4.78 is 0. The number of hydrogen-bond acceptors (Lipinski definition) is 2. The van der Waals surface area contributed by atoms with Gasteiger partial charge in [-0.05, 0) is 49.5 Å². The van der Waals surface area contributed by atoms with Crippen molar-refractivity contribution < 1.29 is 0 Å². The fraction of sp³-hybridized carbons (Fsp3) is 0.600. The third kappa shape index (κ3) is 3.96. The van der Waals surface area contributed by atoms with E-state index in [0.29, 0.717) is 5.41 Å². The second-order valence-corrected chi connectivity index (χ2v) is 6.26. The summed E-state index contributed by atoms with van der Waals surface area (Å²) in [6.07, 6.45) is 2.43. The predicted molar refractivity (Wildman–Crippen MR) is 83.5 cm³/mol. The van der Waals surface area contributed by atoms with Gasteiger partial charge in [-0.15, -0.1) is 11.8 Å². The molecule has 0 unspecified atom stereocenters. The summed E-state index contributed by atoms with van der Waals surface area (Å²) in [5, 5.41) is 0. The number of thiol groups is 1. The Balaban J connectivity index is 2.72. The predicted octanol–water partition coefficient (Wildman–Crippen LogP) is 5.13. The zero-order chi connectivity index (χ0) is 12.9. The van der Waals surface area contributed by atoms with Crippen LogP contribution >= 0.6 is 24.4 Å². The van der Waals surface area contributed by atoms with Gasteiger partial charge in [-0.3, -0.25) is 0 Å². The van der Waals surface area contributed by atoms with Crippen molar-refractivity contribution >= 4 is 24.4 Å². The molecule has 0 heterocycles. The maximum Gasteiger partial charge on any atom is 0.0102 e. The molecule has 2 heteroatoms. The molecule has 0 aliphatic heterocycles. The van der Waals surface area contributed by atoms with E-state index >= 15 is 0 Å². The lowest BCUT2D eigenvalue weighted by molar-refractivity contribution is 0.357. The van der Waals surface area contributed by atoms with Crippen molar-refractivity contribution in [2.24, 2.45) is 5.41 Å². The van der Waals surface area contributed by atoms with Gasteiger partial charge in [-0.25, -0.2) is 0 Å². The highest BCUT2D eigenvalue weighted by Crippen LogP contribution is 2.36. The van der Waals surface area contributed by atoms with Gasteiger partial charge in [0.1, 0.15) is 0 Å². The van der Waals surface area contributed by atoms with Crippen LogP contribution in [-0.4, -0.2) is 11.5 Å². The molecular formula is C15H24S2. The van der Waals surface area contributed by atoms with Crippen molar-refractivity contribution in [1.29, 1.82) is 0 Å². The molecule has 17 heavy (non-hydrogen) atoms. The number of rotatable bonds is 6. The molecule has 96 valence electrons. The SMILES string of the molecule is CCC(CC)(CS)CSc1ccc(C)cc1C. The van der Waals surface area contributed by atoms with Crippen LogP contribution in [0.3, 0.4) is 0 Å². The summed E-state index contributed by atoms with van der Waals surface area (Å²) in [4.78, 5) is 1.42. The second kappa shape index (κ2) is 6.75. The zero-order valence-corrected chi connectivity index (χ0v) is 13.1. The first-order chi connectivity index (χ1) is 8.06. The summed E-state index contributed by atoms with van der Waals surface area (Å²) >= 11 is 6.52. The van der Waals surface area contributed by atoms with E-state index in [1.807, 2.05) is 11.8 Å². The molecule has 0 amide bonds. The largest absolute Gasteiger partial charge is 0.179 e. The first-order valence-electron chi connectivity index (χ1n) is 6.38. The summed E-state index contributed by atoms with van der Waals surface area (Å²) in [5.41, 5.74) is 3.14. The molecule has 0 saturated heterocycles. The molecule has 1 aromatic carbocycles. The van der Waals surface area contributed by atoms with Crippen molar-refractivity contribution in [3.05, 3.63) is 29.3 Å². The average Bonchev–Trinajstić information content (AvgIpc) is 2.33. The van der Waals surface area contributed by atoms with Gasteiger partial charge in [0, 0.05) is 10.6 Å². The maximum atomic E-state index is 4.54. The smallest absolute Gasteiger partial charge is 0.0102 e. The number of aryl methyl sites for hydroxylation is 2. The van der Waals surface area contributed by atoms with Gasteiger partial charge in [-0.2, -0.15) is 12.6 Å². The van der Waals surface area contributed by atoms with Crippen molar-refractivity contribution in [1.82, 2.24) is 0 Å². The topological polar surface area (TPSA) is 0 Å². The molecule has 0 aliphatic rings. The quantitative estimate of drug-likeness (QED) is 0.551. The van der Waals surface area contributed by atoms with E-state index in [2.05, 4.69) is 58.5 Å². The van der Waals surface area contributed by atoms with Gasteiger partial charge in [-0.1, -0.05) is 31.5 Å². The monoisotopic (exact) mass is 268 g/mol. The van der Waals surface area contributed by atoms with Crippen molar-refractivity contribution in [2.45, 2.75) is 45.4 Å². The highest BCUT2D eigenvalue weighted by molar-refractivity contribution is 7.99. The fourth-order valence-corrected chi connectivity index (χ4v) is 4.05. The summed E-state index contributed by atoms with van der Waals surface area (Å²) in [7, 11) is 0. The highest BCUT2D eigenvalue weighted by Gasteiger charge is 2.24. The Morgan fingerprint density at radius 3 is 2.29 bits per heavy atom. The molecule has 0 aliphatic carbocycles. The Hall–Kier alpha value is -0.0800. The third-order valence-electron chi connectivity index (χ3n) is 3.70. The van der Waals surface area contributed by atoms with Gasteiger partial charge in [0.15, 0.2) is 0 Å². The molecule has 0 saturated carbocycles. The number of benzene rings is 1. The Morgan fingerprint density at radius 1 is 1.18 bits per heavy atom. The third-order valence-corrected chi connectivity index (χ3v) is 5.90. The molecule has 0 spiro atoms. The maximum absolute atomic E-state index is 4.54. The lowest BCUT2D eigenvalue weighted by Crippen LogP contribution is -2.24. The van der Waals surface area contributed by atoms with E-state index in [1.54, 1.807) is 0 Å². The summed E-state index contributed by atoms with van der Waals surface area (Å²) in [6.45, 7) is 8.91. The molecule has 1 aromatic rings. The van der Waals surface area contributed by atoms with Crippen LogP contribution in [0.25, 0.3) is 0 Å². The van der Waals surface area contributed by atoms with Crippen LogP contribution in [0.5, 0.6) is 0 Å². The van der Waals surface area contributed by atoms with Crippen LogP contribution in [0.1, 0.15) is 37.8 Å². The van der Waals surface area contributed by atoms with E-state index in [0.717, 1.165) is 5.75 Å². The Kier molecular flexibility index (Phi) is 5.94. The van der Waals surface area contributed by atoms with E-state index in [-0.39, 0.29) is 0 Å². The lowest BCUT2D eigenvalue weighted by atomic mass is 9.87. The lowest BCUT2D eigenvalue weighted by Gasteiger charge is -2.29. The molecule has 0 bridgehead atoms. The highest BCUT2D eigenvalue weighted by atomic mass is 32.2. The van der Waals surface area contributed by atoms with Crippen LogP contribution in [0.4, 0.5) is 0 Å². The second-order valence-electron chi connectivity index (χ2n) is 4.92. The van der Waals surface area contributed by atoms with Crippen molar-refractivity contribution in [3.63, 3.8) is 0 Å². The van der Waals surface area contributed by atoms with Gasteiger partial charge in [0.2, 0.25) is 0 Å². The molecule has 0 nitrogen and oxygen atoms in total. The fourth-order valence-electron chi connectivity index (χ4n) is 1.92. The average molecular weight is 268 g/mol. The minimum absolute atomic E-state index is 0.394. The first kappa shape index (κ1) is 15.0. The summed E-state index contributed by atoms with van der Waals surface area (Å²) in [5.74, 6) is 2.16. The van der Waals surface area contributed by atoms with Crippen LogP contribution in [0.2, 0.25) is 0 Å². The van der Waals surface area contributed by atoms with Crippen molar-refractivity contribution in [2.75, 3.05) is 11.5 Å². The molecule has 0 N–H and O–H groups in total. The number of thioether (sulfide) groups is 1. The zero-order valence-electron chi connectivity index (χ0n) is 11.4. The van der Waals surface area contributed by atoms with Crippen LogP contribution in [0, 0.1) is 19.3 Å². The van der Waals surface area contributed by atoms with E-state index in [9.17, 15) is 0 Å². The molecule has 0 aromatic heterocycles. The minimum Gasteiger partial charge on any atom is -0.179 e. The van der Waals surface area contributed by atoms with E-state index in [4.69, 9.17) is 0 Å². The van der Waals surface area contributed by atoms with Gasteiger partial charge in [0.25, 0.3) is 0 Å². The van der Waals surface area contributed by atoms with Crippen LogP contribution in [-0.2, 0) is 0 Å². The van der Waals surface area contributed by atoms with E-state index in [1.165, 1.54) is 34.6 Å².